The third-order valence-electron chi connectivity index (χ3n) is 3.90. The Morgan fingerprint density at radius 1 is 1.32 bits per heavy atom. The van der Waals surface area contributed by atoms with Crippen molar-refractivity contribution in [3.05, 3.63) is 35.1 Å². The van der Waals surface area contributed by atoms with Gasteiger partial charge in [0.25, 0.3) is 0 Å². The van der Waals surface area contributed by atoms with Gasteiger partial charge in [0.05, 0.1) is 11.5 Å². The maximum Gasteiger partial charge on any atom is 0.391 e. The molecule has 2 rings (SSSR count). The fourth-order valence-corrected chi connectivity index (χ4v) is 2.68. The average molecular weight is 276 g/mol. The molecule has 5 heteroatoms. The van der Waals surface area contributed by atoms with E-state index >= 15 is 0 Å². The standard InChI is InChI=1S/C14H16F4O/c1-9-4-5-10(7-12(9)15)13(19)6-2-3-11(8-13)14(16,17)18/h4-5,7,11,19H,2-3,6,8H2,1H3. The van der Waals surface area contributed by atoms with Crippen molar-refractivity contribution < 1.29 is 22.7 Å². The van der Waals surface area contributed by atoms with E-state index in [9.17, 15) is 22.7 Å². The van der Waals surface area contributed by atoms with E-state index < -0.39 is 23.5 Å². The molecule has 106 valence electrons. The molecule has 2 atom stereocenters. The predicted molar refractivity (Wildman–Crippen MR) is 63.0 cm³/mol. The van der Waals surface area contributed by atoms with E-state index in [0.717, 1.165) is 6.07 Å². The summed E-state index contributed by atoms with van der Waals surface area (Å²) >= 11 is 0. The molecule has 1 saturated carbocycles. The Bertz CT molecular complexity index is 469. The van der Waals surface area contributed by atoms with Gasteiger partial charge in [-0.15, -0.1) is 0 Å². The highest BCUT2D eigenvalue weighted by molar-refractivity contribution is 5.28. The molecule has 19 heavy (non-hydrogen) atoms. The van der Waals surface area contributed by atoms with Crippen LogP contribution in [0.4, 0.5) is 17.6 Å². The smallest absolute Gasteiger partial charge is 0.385 e. The molecule has 1 aliphatic carbocycles. The molecule has 0 radical (unpaired) electrons. The molecule has 2 unspecified atom stereocenters. The lowest BCUT2D eigenvalue weighted by Gasteiger charge is -2.38. The highest BCUT2D eigenvalue weighted by atomic mass is 19.4. The normalized spacial score (nSPS) is 28.4. The number of hydrogen-bond acceptors (Lipinski definition) is 1. The molecule has 0 amide bonds. The number of benzene rings is 1. The minimum Gasteiger partial charge on any atom is -0.385 e. The second kappa shape index (κ2) is 4.78. The largest absolute Gasteiger partial charge is 0.391 e. The Balaban J connectivity index is 2.28. The van der Waals surface area contributed by atoms with Crippen molar-refractivity contribution >= 4 is 0 Å². The van der Waals surface area contributed by atoms with Gasteiger partial charge >= 0.3 is 6.18 Å². The van der Waals surface area contributed by atoms with E-state index in [-0.39, 0.29) is 31.2 Å². The van der Waals surface area contributed by atoms with E-state index in [2.05, 4.69) is 0 Å². The molecule has 1 fully saturated rings. The van der Waals surface area contributed by atoms with Crippen molar-refractivity contribution in [3.8, 4) is 0 Å². The van der Waals surface area contributed by atoms with Gasteiger partial charge in [0, 0.05) is 0 Å². The van der Waals surface area contributed by atoms with Crippen LogP contribution in [0.1, 0.15) is 36.8 Å². The van der Waals surface area contributed by atoms with Gasteiger partial charge in [-0.1, -0.05) is 12.1 Å². The second-order valence-corrected chi connectivity index (χ2v) is 5.33. The van der Waals surface area contributed by atoms with E-state index in [4.69, 9.17) is 0 Å². The number of alkyl halides is 3. The van der Waals surface area contributed by atoms with Crippen LogP contribution < -0.4 is 0 Å². The summed E-state index contributed by atoms with van der Waals surface area (Å²) in [6.07, 6.45) is -4.14. The molecular weight excluding hydrogens is 260 g/mol. The van der Waals surface area contributed by atoms with Gasteiger partial charge in [-0.25, -0.2) is 4.39 Å². The highest BCUT2D eigenvalue weighted by Crippen LogP contribution is 2.46. The molecule has 0 aliphatic heterocycles. The van der Waals surface area contributed by atoms with Crippen LogP contribution in [0.2, 0.25) is 0 Å². The molecule has 1 aromatic rings. The molecule has 0 spiro atoms. The van der Waals surface area contributed by atoms with Crippen molar-refractivity contribution in [2.45, 2.75) is 44.4 Å². The van der Waals surface area contributed by atoms with Crippen LogP contribution in [-0.4, -0.2) is 11.3 Å². The lowest BCUT2D eigenvalue weighted by Crippen LogP contribution is -2.38. The maximum absolute atomic E-state index is 13.5. The summed E-state index contributed by atoms with van der Waals surface area (Å²) < 4.78 is 51.8. The number of halogens is 4. The minimum atomic E-state index is -4.31. The number of hydrogen-bond donors (Lipinski definition) is 1. The Labute approximate surface area is 109 Å². The lowest BCUT2D eigenvalue weighted by molar-refractivity contribution is -0.201. The fourth-order valence-electron chi connectivity index (χ4n) is 2.68. The molecule has 0 saturated heterocycles. The molecule has 0 aromatic heterocycles. The zero-order chi connectivity index (χ0) is 14.3. The third kappa shape index (κ3) is 2.91. The van der Waals surface area contributed by atoms with E-state index in [0.29, 0.717) is 5.56 Å². The Morgan fingerprint density at radius 3 is 2.58 bits per heavy atom. The summed E-state index contributed by atoms with van der Waals surface area (Å²) in [6, 6.07) is 4.14. The number of aryl methyl sites for hydroxylation is 1. The van der Waals surface area contributed by atoms with Crippen LogP contribution >= 0.6 is 0 Å². The molecular formula is C14H16F4O. The molecule has 0 heterocycles. The monoisotopic (exact) mass is 276 g/mol. The van der Waals surface area contributed by atoms with Crippen molar-refractivity contribution in [2.75, 3.05) is 0 Å². The topological polar surface area (TPSA) is 20.2 Å². The van der Waals surface area contributed by atoms with Crippen LogP contribution in [0.3, 0.4) is 0 Å². The summed E-state index contributed by atoms with van der Waals surface area (Å²) in [5.74, 6) is -2.02. The summed E-state index contributed by atoms with van der Waals surface area (Å²) in [7, 11) is 0. The van der Waals surface area contributed by atoms with Crippen LogP contribution in [0.25, 0.3) is 0 Å². The molecule has 1 nitrogen and oxygen atoms in total. The van der Waals surface area contributed by atoms with Crippen LogP contribution in [0, 0.1) is 18.7 Å². The van der Waals surface area contributed by atoms with Gasteiger partial charge in [-0.3, -0.25) is 0 Å². The van der Waals surface area contributed by atoms with Gasteiger partial charge in [-0.2, -0.15) is 13.2 Å². The first-order valence-corrected chi connectivity index (χ1v) is 6.28. The number of aliphatic hydroxyl groups is 1. The predicted octanol–water partition coefficient (Wildman–Crippen LogP) is 4.07. The molecule has 1 aliphatic rings. The molecule has 0 bridgehead atoms. The average Bonchev–Trinajstić information content (AvgIpc) is 2.31. The zero-order valence-corrected chi connectivity index (χ0v) is 10.6. The van der Waals surface area contributed by atoms with E-state index in [1.54, 1.807) is 6.92 Å². The minimum absolute atomic E-state index is 0.0279. The summed E-state index contributed by atoms with van der Waals surface area (Å²) in [6.45, 7) is 1.57. The summed E-state index contributed by atoms with van der Waals surface area (Å²) in [5, 5.41) is 10.4. The van der Waals surface area contributed by atoms with E-state index in [1.165, 1.54) is 12.1 Å². The zero-order valence-electron chi connectivity index (χ0n) is 10.6. The van der Waals surface area contributed by atoms with Crippen LogP contribution in [-0.2, 0) is 5.60 Å². The Morgan fingerprint density at radius 2 is 2.00 bits per heavy atom. The summed E-state index contributed by atoms with van der Waals surface area (Å²) in [4.78, 5) is 0. The van der Waals surface area contributed by atoms with Gasteiger partial charge < -0.3 is 5.11 Å². The maximum atomic E-state index is 13.5. The van der Waals surface area contributed by atoms with E-state index in [1.807, 2.05) is 0 Å². The Kier molecular flexibility index (Phi) is 3.60. The van der Waals surface area contributed by atoms with Crippen molar-refractivity contribution in [3.63, 3.8) is 0 Å². The first-order chi connectivity index (χ1) is 8.72. The Hall–Kier alpha value is -1.10. The van der Waals surface area contributed by atoms with Gasteiger partial charge in [-0.05, 0) is 49.8 Å². The molecule has 1 aromatic carbocycles. The quantitative estimate of drug-likeness (QED) is 0.766. The van der Waals surface area contributed by atoms with Gasteiger partial charge in [0.1, 0.15) is 5.82 Å². The fraction of sp³-hybridized carbons (Fsp3) is 0.571. The van der Waals surface area contributed by atoms with Crippen LogP contribution in [0.5, 0.6) is 0 Å². The van der Waals surface area contributed by atoms with Crippen molar-refractivity contribution in [1.82, 2.24) is 0 Å². The third-order valence-corrected chi connectivity index (χ3v) is 3.90. The second-order valence-electron chi connectivity index (χ2n) is 5.33. The van der Waals surface area contributed by atoms with Crippen LogP contribution in [0.15, 0.2) is 18.2 Å². The number of rotatable bonds is 1. The first-order valence-electron chi connectivity index (χ1n) is 6.28. The van der Waals surface area contributed by atoms with Crippen molar-refractivity contribution in [1.29, 1.82) is 0 Å². The first kappa shape index (κ1) is 14.3. The highest BCUT2D eigenvalue weighted by Gasteiger charge is 2.47. The van der Waals surface area contributed by atoms with Crippen molar-refractivity contribution in [2.24, 2.45) is 5.92 Å². The molecule has 1 N–H and O–H groups in total. The van der Waals surface area contributed by atoms with Gasteiger partial charge in [0.2, 0.25) is 0 Å². The summed E-state index contributed by atoms with van der Waals surface area (Å²) in [5.41, 5.74) is -0.924. The SMILES string of the molecule is Cc1ccc(C2(O)CCCC(C(F)(F)F)C2)cc1F. The lowest BCUT2D eigenvalue weighted by atomic mass is 9.74. The van der Waals surface area contributed by atoms with Gasteiger partial charge in [0.15, 0.2) is 0 Å².